The van der Waals surface area contributed by atoms with Crippen molar-refractivity contribution in [3.8, 4) is 0 Å². The van der Waals surface area contributed by atoms with Crippen molar-refractivity contribution in [2.45, 2.75) is 26.0 Å². The third-order valence-electron chi connectivity index (χ3n) is 2.52. The molecule has 0 spiro atoms. The first kappa shape index (κ1) is 10.0. The average molecular weight is 211 g/mol. The summed E-state index contributed by atoms with van der Waals surface area (Å²) in [4.78, 5) is 11.7. The van der Waals surface area contributed by atoms with Gasteiger partial charge in [-0.2, -0.15) is 5.21 Å². The fourth-order valence-corrected chi connectivity index (χ4v) is 1.63. The van der Waals surface area contributed by atoms with Crippen LogP contribution in [0.3, 0.4) is 0 Å². The molecule has 1 aliphatic rings. The fourth-order valence-electron chi connectivity index (χ4n) is 1.63. The molecule has 7 nitrogen and oxygen atoms in total. The zero-order chi connectivity index (χ0) is 10.7. The second-order valence-electron chi connectivity index (χ2n) is 3.52. The molecule has 2 heterocycles. The van der Waals surface area contributed by atoms with Gasteiger partial charge < -0.3 is 10.1 Å². The van der Waals surface area contributed by atoms with E-state index in [1.165, 1.54) is 0 Å². The Balaban J connectivity index is 1.82. The molecular weight excluding hydrogens is 198 g/mol. The largest absolute Gasteiger partial charge is 0.378 e. The van der Waals surface area contributed by atoms with Crippen LogP contribution in [-0.2, 0) is 16.1 Å². The van der Waals surface area contributed by atoms with E-state index in [2.05, 4.69) is 25.9 Å². The number of hydrogen-bond acceptors (Lipinski definition) is 5. The smallest absolute Gasteiger partial charge is 0.226 e. The zero-order valence-electron chi connectivity index (χ0n) is 8.43. The molecule has 0 bridgehead atoms. The van der Waals surface area contributed by atoms with E-state index in [1.54, 1.807) is 0 Å². The van der Waals surface area contributed by atoms with Crippen molar-refractivity contribution in [2.75, 3.05) is 6.61 Å². The lowest BCUT2D eigenvalue weighted by atomic mass is 10.0. The topological polar surface area (TPSA) is 92.8 Å². The van der Waals surface area contributed by atoms with Crippen molar-refractivity contribution < 1.29 is 9.53 Å². The highest BCUT2D eigenvalue weighted by Gasteiger charge is 2.30. The van der Waals surface area contributed by atoms with Crippen LogP contribution in [0.2, 0.25) is 0 Å². The number of aromatic nitrogens is 4. The maximum atomic E-state index is 11.7. The van der Waals surface area contributed by atoms with Gasteiger partial charge >= 0.3 is 0 Å². The summed E-state index contributed by atoms with van der Waals surface area (Å²) >= 11 is 0. The predicted molar refractivity (Wildman–Crippen MR) is 49.5 cm³/mol. The molecule has 0 saturated carbocycles. The number of tetrazole rings is 1. The highest BCUT2D eigenvalue weighted by atomic mass is 16.5. The first-order valence-corrected chi connectivity index (χ1v) is 4.89. The SMILES string of the molecule is CC1OCCC1C(=O)NCc1nn[nH]n1. The standard InChI is InChI=1S/C8H13N5O2/c1-5-6(2-3-15-5)8(14)9-4-7-10-12-13-11-7/h5-6H,2-4H2,1H3,(H,9,14)(H,10,11,12,13). The molecule has 1 aromatic rings. The van der Waals surface area contributed by atoms with E-state index in [1.807, 2.05) is 6.92 Å². The third kappa shape index (κ3) is 2.30. The first-order valence-electron chi connectivity index (χ1n) is 4.89. The van der Waals surface area contributed by atoms with Crippen LogP contribution in [0.15, 0.2) is 0 Å². The molecule has 2 rings (SSSR count). The van der Waals surface area contributed by atoms with Crippen molar-refractivity contribution in [1.82, 2.24) is 25.9 Å². The minimum absolute atomic E-state index is 0.00438. The Labute approximate surface area is 86.6 Å². The number of ether oxygens (including phenoxy) is 1. The Bertz CT molecular complexity index is 326. The summed E-state index contributed by atoms with van der Waals surface area (Å²) in [7, 11) is 0. The summed E-state index contributed by atoms with van der Waals surface area (Å²) in [5.41, 5.74) is 0. The molecule has 2 unspecified atom stereocenters. The van der Waals surface area contributed by atoms with Gasteiger partial charge in [0.2, 0.25) is 5.91 Å². The monoisotopic (exact) mass is 211 g/mol. The molecule has 1 fully saturated rings. The number of nitrogens with zero attached hydrogens (tertiary/aromatic N) is 3. The molecule has 1 saturated heterocycles. The molecule has 0 radical (unpaired) electrons. The summed E-state index contributed by atoms with van der Waals surface area (Å²) in [5, 5.41) is 16.0. The number of amides is 1. The Morgan fingerprint density at radius 2 is 2.60 bits per heavy atom. The number of hydrogen-bond donors (Lipinski definition) is 2. The normalized spacial score (nSPS) is 25.4. The zero-order valence-corrected chi connectivity index (χ0v) is 8.43. The number of carbonyl (C=O) groups excluding carboxylic acids is 1. The van der Waals surface area contributed by atoms with E-state index >= 15 is 0 Å². The summed E-state index contributed by atoms with van der Waals surface area (Å²) < 4.78 is 5.31. The summed E-state index contributed by atoms with van der Waals surface area (Å²) in [6, 6.07) is 0. The van der Waals surface area contributed by atoms with E-state index in [-0.39, 0.29) is 17.9 Å². The van der Waals surface area contributed by atoms with Gasteiger partial charge in [-0.1, -0.05) is 5.21 Å². The molecule has 1 amide bonds. The number of carbonyl (C=O) groups is 1. The predicted octanol–water partition coefficient (Wildman–Crippen LogP) is -0.759. The van der Waals surface area contributed by atoms with Gasteiger partial charge in [-0.15, -0.1) is 10.2 Å². The van der Waals surface area contributed by atoms with E-state index < -0.39 is 0 Å². The number of H-pyrrole nitrogens is 1. The van der Waals surface area contributed by atoms with Crippen molar-refractivity contribution in [3.63, 3.8) is 0 Å². The number of aromatic amines is 1. The molecule has 82 valence electrons. The molecular formula is C8H13N5O2. The second kappa shape index (κ2) is 4.35. The average Bonchev–Trinajstić information content (AvgIpc) is 2.84. The third-order valence-corrected chi connectivity index (χ3v) is 2.52. The van der Waals surface area contributed by atoms with Crippen LogP contribution < -0.4 is 5.32 Å². The van der Waals surface area contributed by atoms with E-state index in [0.717, 1.165) is 6.42 Å². The molecule has 2 atom stereocenters. The van der Waals surface area contributed by atoms with Gasteiger partial charge in [-0.3, -0.25) is 4.79 Å². The van der Waals surface area contributed by atoms with Gasteiger partial charge in [0, 0.05) is 6.61 Å². The first-order chi connectivity index (χ1) is 7.27. The van der Waals surface area contributed by atoms with Gasteiger partial charge in [0.15, 0.2) is 5.82 Å². The van der Waals surface area contributed by atoms with E-state index in [9.17, 15) is 4.79 Å². The molecule has 0 aromatic carbocycles. The van der Waals surface area contributed by atoms with E-state index in [4.69, 9.17) is 4.74 Å². The summed E-state index contributed by atoms with van der Waals surface area (Å²) in [5.74, 6) is 0.414. The lowest BCUT2D eigenvalue weighted by Crippen LogP contribution is -2.34. The second-order valence-corrected chi connectivity index (χ2v) is 3.52. The molecule has 1 aromatic heterocycles. The quantitative estimate of drug-likeness (QED) is 0.685. The number of rotatable bonds is 3. The van der Waals surface area contributed by atoms with Crippen LogP contribution >= 0.6 is 0 Å². The lowest BCUT2D eigenvalue weighted by Gasteiger charge is -2.12. The minimum atomic E-state index is -0.0584. The fraction of sp³-hybridized carbons (Fsp3) is 0.750. The van der Waals surface area contributed by atoms with Crippen LogP contribution in [0.4, 0.5) is 0 Å². The van der Waals surface area contributed by atoms with Crippen molar-refractivity contribution >= 4 is 5.91 Å². The number of nitrogens with one attached hydrogen (secondary N) is 2. The summed E-state index contributed by atoms with van der Waals surface area (Å²) in [6.07, 6.45) is 0.773. The van der Waals surface area contributed by atoms with Crippen LogP contribution in [0.1, 0.15) is 19.2 Å². The Morgan fingerprint density at radius 1 is 1.73 bits per heavy atom. The Hall–Kier alpha value is -1.50. The molecule has 0 aliphatic carbocycles. The van der Waals surface area contributed by atoms with Gasteiger partial charge in [-0.25, -0.2) is 0 Å². The highest BCUT2D eigenvalue weighted by molar-refractivity contribution is 5.79. The van der Waals surface area contributed by atoms with Crippen LogP contribution in [0.25, 0.3) is 0 Å². The Morgan fingerprint density at radius 3 is 3.20 bits per heavy atom. The molecule has 2 N–H and O–H groups in total. The maximum absolute atomic E-state index is 11.7. The molecule has 15 heavy (non-hydrogen) atoms. The molecule has 1 aliphatic heterocycles. The minimum Gasteiger partial charge on any atom is -0.378 e. The van der Waals surface area contributed by atoms with Gasteiger partial charge in [0.1, 0.15) is 0 Å². The van der Waals surface area contributed by atoms with Crippen molar-refractivity contribution in [3.05, 3.63) is 5.82 Å². The van der Waals surface area contributed by atoms with Gasteiger partial charge in [-0.05, 0) is 13.3 Å². The highest BCUT2D eigenvalue weighted by Crippen LogP contribution is 2.20. The lowest BCUT2D eigenvalue weighted by molar-refractivity contribution is -0.126. The van der Waals surface area contributed by atoms with Crippen molar-refractivity contribution in [1.29, 1.82) is 0 Å². The van der Waals surface area contributed by atoms with Gasteiger partial charge in [0.25, 0.3) is 0 Å². The van der Waals surface area contributed by atoms with Crippen LogP contribution in [0.5, 0.6) is 0 Å². The Kier molecular flexibility index (Phi) is 2.91. The van der Waals surface area contributed by atoms with Gasteiger partial charge in [0.05, 0.1) is 18.6 Å². The maximum Gasteiger partial charge on any atom is 0.226 e. The van der Waals surface area contributed by atoms with Crippen molar-refractivity contribution in [2.24, 2.45) is 5.92 Å². The van der Waals surface area contributed by atoms with Crippen LogP contribution in [-0.4, -0.2) is 39.2 Å². The van der Waals surface area contributed by atoms with Crippen LogP contribution in [0, 0.1) is 5.92 Å². The summed E-state index contributed by atoms with van der Waals surface area (Å²) in [6.45, 7) is 2.87. The molecule has 7 heteroatoms. The van der Waals surface area contributed by atoms with E-state index in [0.29, 0.717) is 19.0 Å².